The molecule has 0 aromatic carbocycles. The first-order chi connectivity index (χ1) is 9.13. The molecule has 1 saturated heterocycles. The molecule has 2 rings (SSSR count). The number of nitrogens with zero attached hydrogens (tertiary/aromatic N) is 1. The molecule has 1 atom stereocenters. The number of thiophene rings is 1. The number of carboxylic acids is 1. The van der Waals surface area contributed by atoms with E-state index in [0.717, 1.165) is 30.5 Å². The van der Waals surface area contributed by atoms with Crippen LogP contribution < -0.4 is 5.32 Å². The summed E-state index contributed by atoms with van der Waals surface area (Å²) in [6.45, 7) is 3.94. The first-order valence-corrected chi connectivity index (χ1v) is 7.72. The minimum absolute atomic E-state index is 0.0526. The molecule has 1 aliphatic rings. The molecular weight excluding hydrogens is 284 g/mol. The molecule has 1 aromatic heterocycles. The predicted octanol–water partition coefficient (Wildman–Crippen LogP) is 2.29. The molecule has 1 unspecified atom stereocenters. The van der Waals surface area contributed by atoms with Crippen LogP contribution in [-0.2, 0) is 11.3 Å². The number of carbonyl (C=O) groups is 1. The number of likely N-dealkylation sites (tertiary alicyclic amines) is 1. The van der Waals surface area contributed by atoms with Crippen LogP contribution >= 0.6 is 22.9 Å². The molecule has 0 radical (unpaired) electrons. The quantitative estimate of drug-likeness (QED) is 0.846. The van der Waals surface area contributed by atoms with E-state index < -0.39 is 5.97 Å². The lowest BCUT2D eigenvalue weighted by atomic mass is 9.98. The predicted molar refractivity (Wildman–Crippen MR) is 77.8 cm³/mol. The normalized spacial score (nSPS) is 20.6. The average Bonchev–Trinajstić information content (AvgIpc) is 2.75. The highest BCUT2D eigenvalue weighted by atomic mass is 35.5. The number of halogens is 1. The molecular formula is C13H19ClN2O2S. The monoisotopic (exact) mass is 302 g/mol. The largest absolute Gasteiger partial charge is 0.480 e. The third-order valence-electron chi connectivity index (χ3n) is 3.32. The molecule has 1 aliphatic heterocycles. The summed E-state index contributed by atoms with van der Waals surface area (Å²) in [5.74, 6) is -0.246. The van der Waals surface area contributed by atoms with Crippen molar-refractivity contribution >= 4 is 28.9 Å². The van der Waals surface area contributed by atoms with E-state index in [1.165, 1.54) is 17.7 Å². The first kappa shape index (κ1) is 14.8. The van der Waals surface area contributed by atoms with E-state index in [1.807, 2.05) is 6.07 Å². The van der Waals surface area contributed by atoms with Gasteiger partial charge >= 0.3 is 5.97 Å². The van der Waals surface area contributed by atoms with Gasteiger partial charge < -0.3 is 10.4 Å². The topological polar surface area (TPSA) is 52.6 Å². The first-order valence-electron chi connectivity index (χ1n) is 6.52. The third-order valence-corrected chi connectivity index (χ3v) is 4.54. The van der Waals surface area contributed by atoms with Gasteiger partial charge in [-0.25, -0.2) is 0 Å². The molecule has 0 amide bonds. The lowest BCUT2D eigenvalue weighted by Gasteiger charge is -2.32. The fraction of sp³-hybridized carbons (Fsp3) is 0.615. The Bertz CT molecular complexity index is 425. The van der Waals surface area contributed by atoms with Crippen molar-refractivity contribution in [1.82, 2.24) is 10.2 Å². The van der Waals surface area contributed by atoms with Gasteiger partial charge in [0.05, 0.1) is 10.9 Å². The molecule has 2 heterocycles. The van der Waals surface area contributed by atoms with Crippen molar-refractivity contribution in [1.29, 1.82) is 0 Å². The smallest absolute Gasteiger partial charge is 0.317 e. The van der Waals surface area contributed by atoms with E-state index in [2.05, 4.69) is 16.3 Å². The molecule has 6 heteroatoms. The number of hydrogen-bond acceptors (Lipinski definition) is 4. The van der Waals surface area contributed by atoms with Crippen molar-refractivity contribution in [3.63, 3.8) is 0 Å². The maximum Gasteiger partial charge on any atom is 0.317 e. The van der Waals surface area contributed by atoms with E-state index in [-0.39, 0.29) is 6.54 Å². The van der Waals surface area contributed by atoms with E-state index in [1.54, 1.807) is 11.3 Å². The maximum absolute atomic E-state index is 10.5. The summed E-state index contributed by atoms with van der Waals surface area (Å²) in [7, 11) is 0. The van der Waals surface area contributed by atoms with Gasteiger partial charge in [0, 0.05) is 18.0 Å². The second-order valence-electron chi connectivity index (χ2n) is 4.97. The highest BCUT2D eigenvalue weighted by Gasteiger charge is 2.20. The van der Waals surface area contributed by atoms with Gasteiger partial charge in [-0.2, -0.15) is 0 Å². The maximum atomic E-state index is 10.5. The van der Waals surface area contributed by atoms with Gasteiger partial charge in [0.25, 0.3) is 0 Å². The van der Waals surface area contributed by atoms with Crippen molar-refractivity contribution in [3.8, 4) is 0 Å². The second kappa shape index (κ2) is 7.24. The van der Waals surface area contributed by atoms with Crippen LogP contribution in [0.25, 0.3) is 0 Å². The summed E-state index contributed by atoms with van der Waals surface area (Å²) >= 11 is 7.57. The molecule has 4 nitrogen and oxygen atoms in total. The van der Waals surface area contributed by atoms with Crippen LogP contribution in [0.3, 0.4) is 0 Å². The zero-order valence-electron chi connectivity index (χ0n) is 10.8. The Morgan fingerprint density at radius 1 is 1.58 bits per heavy atom. The zero-order chi connectivity index (χ0) is 13.7. The fourth-order valence-electron chi connectivity index (χ4n) is 2.50. The second-order valence-corrected chi connectivity index (χ2v) is 6.77. The summed E-state index contributed by atoms with van der Waals surface area (Å²) < 4.78 is 0.840. The molecule has 0 spiro atoms. The number of nitrogens with one attached hydrogen (secondary N) is 1. The van der Waals surface area contributed by atoms with E-state index >= 15 is 0 Å². The van der Waals surface area contributed by atoms with Crippen LogP contribution in [-0.4, -0.2) is 42.2 Å². The van der Waals surface area contributed by atoms with Gasteiger partial charge in [0.2, 0.25) is 0 Å². The van der Waals surface area contributed by atoms with Gasteiger partial charge in [-0.15, -0.1) is 11.3 Å². The Morgan fingerprint density at radius 3 is 3.11 bits per heavy atom. The van der Waals surface area contributed by atoms with Crippen LogP contribution in [0.4, 0.5) is 0 Å². The molecule has 106 valence electrons. The van der Waals surface area contributed by atoms with Crippen LogP contribution in [0.2, 0.25) is 4.34 Å². The lowest BCUT2D eigenvalue weighted by molar-refractivity contribution is -0.136. The summed E-state index contributed by atoms with van der Waals surface area (Å²) in [5.41, 5.74) is 0. The number of hydrogen-bond donors (Lipinski definition) is 2. The van der Waals surface area contributed by atoms with Crippen LogP contribution in [0.15, 0.2) is 12.1 Å². The molecule has 0 bridgehead atoms. The Labute approximate surface area is 122 Å². The van der Waals surface area contributed by atoms with Crippen LogP contribution in [0.1, 0.15) is 17.7 Å². The Kier molecular flexibility index (Phi) is 5.63. The Hall–Kier alpha value is -0.620. The van der Waals surface area contributed by atoms with E-state index in [9.17, 15) is 4.79 Å². The molecule has 19 heavy (non-hydrogen) atoms. The highest BCUT2D eigenvalue weighted by molar-refractivity contribution is 7.16. The van der Waals surface area contributed by atoms with Gasteiger partial charge in [0.15, 0.2) is 0 Å². The van der Waals surface area contributed by atoms with E-state index in [4.69, 9.17) is 16.7 Å². The lowest BCUT2D eigenvalue weighted by Crippen LogP contribution is -2.40. The summed E-state index contributed by atoms with van der Waals surface area (Å²) in [4.78, 5) is 14.2. The van der Waals surface area contributed by atoms with Crippen molar-refractivity contribution in [2.75, 3.05) is 26.2 Å². The van der Waals surface area contributed by atoms with E-state index in [0.29, 0.717) is 5.92 Å². The zero-order valence-corrected chi connectivity index (χ0v) is 12.3. The van der Waals surface area contributed by atoms with Gasteiger partial charge in [-0.3, -0.25) is 9.69 Å². The number of aliphatic carboxylic acids is 1. The van der Waals surface area contributed by atoms with Gasteiger partial charge in [0.1, 0.15) is 0 Å². The molecule has 0 saturated carbocycles. The summed E-state index contributed by atoms with van der Waals surface area (Å²) in [5, 5.41) is 11.6. The molecule has 0 aliphatic carbocycles. The van der Waals surface area contributed by atoms with Crippen LogP contribution in [0, 0.1) is 5.92 Å². The SMILES string of the molecule is O=C(O)CNCC1CCCN(Cc2ccc(Cl)s2)C1. The van der Waals surface area contributed by atoms with Crippen LogP contribution in [0.5, 0.6) is 0 Å². The average molecular weight is 303 g/mol. The molecule has 1 fully saturated rings. The molecule has 1 aromatic rings. The minimum atomic E-state index is -0.791. The van der Waals surface area contributed by atoms with Crippen molar-refractivity contribution in [2.24, 2.45) is 5.92 Å². The third kappa shape index (κ3) is 5.10. The summed E-state index contributed by atoms with van der Waals surface area (Å²) in [6.07, 6.45) is 2.35. The minimum Gasteiger partial charge on any atom is -0.480 e. The van der Waals surface area contributed by atoms with Crippen molar-refractivity contribution in [3.05, 3.63) is 21.3 Å². The number of piperidine rings is 1. The number of rotatable bonds is 6. The fourth-order valence-corrected chi connectivity index (χ4v) is 3.63. The number of carboxylic acid groups (broad SMARTS) is 1. The highest BCUT2D eigenvalue weighted by Crippen LogP contribution is 2.24. The molecule has 2 N–H and O–H groups in total. The Balaban J connectivity index is 1.75. The Morgan fingerprint density at radius 2 is 2.42 bits per heavy atom. The van der Waals surface area contributed by atoms with Gasteiger partial charge in [-0.1, -0.05) is 11.6 Å². The standard InChI is InChI=1S/C13H19ClN2O2S/c14-12-4-3-11(19-12)9-16-5-1-2-10(8-16)6-15-7-13(17)18/h3-4,10,15H,1-2,5-9H2,(H,17,18). The van der Waals surface area contributed by atoms with Crippen molar-refractivity contribution in [2.45, 2.75) is 19.4 Å². The van der Waals surface area contributed by atoms with Gasteiger partial charge in [-0.05, 0) is 44.0 Å². The van der Waals surface area contributed by atoms with Crippen molar-refractivity contribution < 1.29 is 9.90 Å². The summed E-state index contributed by atoms with van der Waals surface area (Å²) in [6, 6.07) is 4.02.